The number of hydrogen-bond donors (Lipinski definition) is 2. The Morgan fingerprint density at radius 3 is 2.24 bits per heavy atom. The van der Waals surface area contributed by atoms with Crippen LogP contribution in [0.5, 0.6) is 0 Å². The summed E-state index contributed by atoms with van der Waals surface area (Å²) in [5.74, 6) is -2.76. The first kappa shape index (κ1) is 13.4. The first-order chi connectivity index (χ1) is 7.88. The molecule has 1 heterocycles. The van der Waals surface area contributed by atoms with Crippen LogP contribution in [0.1, 0.15) is 13.3 Å². The second kappa shape index (κ2) is 5.09. The minimum atomic E-state index is -1.19. The van der Waals surface area contributed by atoms with Gasteiger partial charge in [-0.1, -0.05) is 6.92 Å². The third kappa shape index (κ3) is 2.70. The summed E-state index contributed by atoms with van der Waals surface area (Å²) in [4.78, 5) is 35.2. The van der Waals surface area contributed by atoms with Gasteiger partial charge in [0, 0.05) is 0 Å². The van der Waals surface area contributed by atoms with Crippen molar-refractivity contribution in [2.24, 2.45) is 0 Å². The number of nitrogens with zero attached hydrogens (tertiary/aromatic N) is 2. The van der Waals surface area contributed by atoms with E-state index in [2.05, 4.69) is 0 Å². The fourth-order valence-electron chi connectivity index (χ4n) is 1.70. The van der Waals surface area contributed by atoms with Crippen LogP contribution in [0.4, 0.5) is 0 Å². The van der Waals surface area contributed by atoms with Gasteiger partial charge in [0.25, 0.3) is 5.91 Å². The van der Waals surface area contributed by atoms with Gasteiger partial charge in [0.1, 0.15) is 19.1 Å². The molecule has 1 atom stereocenters. The van der Waals surface area contributed by atoms with Crippen LogP contribution < -0.4 is 0 Å². The number of thiocarbonyl (C=S) groups is 1. The molecule has 0 aromatic carbocycles. The molecule has 1 unspecified atom stereocenters. The zero-order valence-electron chi connectivity index (χ0n) is 9.12. The molecule has 1 aliphatic heterocycles. The molecule has 8 heteroatoms. The minimum absolute atomic E-state index is 0.0355. The lowest BCUT2D eigenvalue weighted by molar-refractivity contribution is -0.142. The highest BCUT2D eigenvalue weighted by Crippen LogP contribution is 2.19. The van der Waals surface area contributed by atoms with Crippen molar-refractivity contribution >= 4 is 35.2 Å². The molecule has 94 valence electrons. The monoisotopic (exact) mass is 260 g/mol. The fraction of sp³-hybridized carbons (Fsp3) is 0.556. The van der Waals surface area contributed by atoms with Crippen molar-refractivity contribution in [2.45, 2.75) is 19.4 Å². The quantitative estimate of drug-likeness (QED) is 0.634. The Balaban J connectivity index is 2.92. The number of carbonyl (C=O) groups excluding carboxylic acids is 1. The smallest absolute Gasteiger partial charge is 0.323 e. The van der Waals surface area contributed by atoms with Gasteiger partial charge in [0.15, 0.2) is 5.11 Å². The molecule has 2 N–H and O–H groups in total. The van der Waals surface area contributed by atoms with Crippen molar-refractivity contribution in [1.29, 1.82) is 0 Å². The Labute approximate surface area is 103 Å². The molecule has 1 saturated heterocycles. The van der Waals surface area contributed by atoms with E-state index in [0.717, 1.165) is 4.90 Å². The summed E-state index contributed by atoms with van der Waals surface area (Å²) in [6.45, 7) is 0.772. The first-order valence-electron chi connectivity index (χ1n) is 4.94. The van der Waals surface area contributed by atoms with Crippen molar-refractivity contribution in [3.8, 4) is 0 Å². The fourth-order valence-corrected chi connectivity index (χ4v) is 2.04. The van der Waals surface area contributed by atoms with Gasteiger partial charge < -0.3 is 15.1 Å². The molecule has 0 aromatic heterocycles. The highest BCUT2D eigenvalue weighted by Gasteiger charge is 2.42. The largest absolute Gasteiger partial charge is 0.480 e. The molecule has 0 aliphatic carbocycles. The van der Waals surface area contributed by atoms with E-state index < -0.39 is 37.0 Å². The summed E-state index contributed by atoms with van der Waals surface area (Å²) in [5.41, 5.74) is 0. The Kier molecular flexibility index (Phi) is 4.00. The molecule has 0 aromatic rings. The van der Waals surface area contributed by atoms with E-state index >= 15 is 0 Å². The second-order valence-corrected chi connectivity index (χ2v) is 3.91. The number of amides is 1. The van der Waals surface area contributed by atoms with Gasteiger partial charge >= 0.3 is 11.9 Å². The maximum atomic E-state index is 11.8. The van der Waals surface area contributed by atoms with Crippen molar-refractivity contribution in [1.82, 2.24) is 9.80 Å². The normalized spacial score (nSPS) is 19.9. The average Bonchev–Trinajstić information content (AvgIpc) is 2.42. The number of carbonyl (C=O) groups is 3. The lowest BCUT2D eigenvalue weighted by atomic mass is 10.2. The van der Waals surface area contributed by atoms with Crippen LogP contribution in [0.2, 0.25) is 0 Å². The lowest BCUT2D eigenvalue weighted by Crippen LogP contribution is -2.39. The first-order valence-corrected chi connectivity index (χ1v) is 5.34. The summed E-state index contributed by atoms with van der Waals surface area (Å²) >= 11 is 4.92. The van der Waals surface area contributed by atoms with E-state index in [4.69, 9.17) is 22.4 Å². The maximum Gasteiger partial charge on any atom is 0.323 e. The molecular weight excluding hydrogens is 248 g/mol. The molecule has 0 saturated carbocycles. The second-order valence-electron chi connectivity index (χ2n) is 3.55. The molecule has 1 amide bonds. The van der Waals surface area contributed by atoms with Crippen LogP contribution in [-0.4, -0.2) is 62.1 Å². The number of rotatable bonds is 5. The number of carboxylic acid groups (broad SMARTS) is 2. The average molecular weight is 260 g/mol. The van der Waals surface area contributed by atoms with E-state index in [1.165, 1.54) is 4.90 Å². The Bertz CT molecular complexity index is 384. The van der Waals surface area contributed by atoms with Crippen molar-refractivity contribution < 1.29 is 24.6 Å². The van der Waals surface area contributed by atoms with Crippen LogP contribution in [0.25, 0.3) is 0 Å². The van der Waals surface area contributed by atoms with Gasteiger partial charge in [-0.05, 0) is 18.6 Å². The van der Waals surface area contributed by atoms with Gasteiger partial charge in [-0.15, -0.1) is 0 Å². The summed E-state index contributed by atoms with van der Waals surface area (Å²) in [6, 6.07) is -0.682. The van der Waals surface area contributed by atoms with Crippen molar-refractivity contribution in [3.63, 3.8) is 0 Å². The van der Waals surface area contributed by atoms with Gasteiger partial charge in [0.2, 0.25) is 0 Å². The third-order valence-corrected chi connectivity index (χ3v) is 2.84. The zero-order valence-corrected chi connectivity index (χ0v) is 9.94. The molecule has 0 spiro atoms. The summed E-state index contributed by atoms with van der Waals surface area (Å²) < 4.78 is 0. The zero-order chi connectivity index (χ0) is 13.2. The summed E-state index contributed by atoms with van der Waals surface area (Å²) in [7, 11) is 0. The maximum absolute atomic E-state index is 11.8. The molecule has 7 nitrogen and oxygen atoms in total. The van der Waals surface area contributed by atoms with Crippen LogP contribution in [0, 0.1) is 0 Å². The SMILES string of the molecule is CCC1C(=O)N(CC(=O)O)C(=S)N1CC(=O)O. The van der Waals surface area contributed by atoms with Crippen LogP contribution in [-0.2, 0) is 14.4 Å². The Morgan fingerprint density at radius 1 is 1.29 bits per heavy atom. The summed E-state index contributed by atoms with van der Waals surface area (Å²) in [6.07, 6.45) is 0.377. The van der Waals surface area contributed by atoms with Gasteiger partial charge in [-0.3, -0.25) is 19.3 Å². The molecule has 1 aliphatic rings. The predicted molar refractivity (Wildman–Crippen MR) is 60.4 cm³/mol. The van der Waals surface area contributed by atoms with Crippen LogP contribution in [0.3, 0.4) is 0 Å². The third-order valence-electron chi connectivity index (χ3n) is 2.39. The number of hydrogen-bond acceptors (Lipinski definition) is 4. The van der Waals surface area contributed by atoms with Gasteiger partial charge in [0.05, 0.1) is 0 Å². The van der Waals surface area contributed by atoms with Gasteiger partial charge in [-0.2, -0.15) is 0 Å². The van der Waals surface area contributed by atoms with E-state index in [1.54, 1.807) is 6.92 Å². The highest BCUT2D eigenvalue weighted by molar-refractivity contribution is 7.80. The Morgan fingerprint density at radius 2 is 1.82 bits per heavy atom. The predicted octanol–water partition coefficient (Wildman–Crippen LogP) is -0.637. The van der Waals surface area contributed by atoms with Crippen LogP contribution >= 0.6 is 12.2 Å². The molecule has 1 rings (SSSR count). The minimum Gasteiger partial charge on any atom is -0.480 e. The lowest BCUT2D eigenvalue weighted by Gasteiger charge is -2.20. The van der Waals surface area contributed by atoms with E-state index in [-0.39, 0.29) is 5.11 Å². The van der Waals surface area contributed by atoms with E-state index in [0.29, 0.717) is 6.42 Å². The van der Waals surface area contributed by atoms with Crippen molar-refractivity contribution in [3.05, 3.63) is 0 Å². The van der Waals surface area contributed by atoms with Gasteiger partial charge in [-0.25, -0.2) is 0 Å². The molecule has 1 fully saturated rings. The highest BCUT2D eigenvalue weighted by atomic mass is 32.1. The standard InChI is InChI=1S/C9H12N2O5S/c1-2-5-8(16)11(4-7(14)15)9(17)10(5)3-6(12)13/h5H,2-4H2,1H3,(H,12,13)(H,14,15). The van der Waals surface area contributed by atoms with E-state index in [9.17, 15) is 14.4 Å². The number of aliphatic carboxylic acids is 2. The molecule has 0 radical (unpaired) electrons. The number of carboxylic acids is 2. The molecular formula is C9H12N2O5S. The molecule has 17 heavy (non-hydrogen) atoms. The van der Waals surface area contributed by atoms with Crippen molar-refractivity contribution in [2.75, 3.05) is 13.1 Å². The Hall–Kier alpha value is -1.70. The van der Waals surface area contributed by atoms with Crippen LogP contribution in [0.15, 0.2) is 0 Å². The topological polar surface area (TPSA) is 98.2 Å². The summed E-state index contributed by atoms with van der Waals surface area (Å²) in [5, 5.41) is 17.3. The molecule has 0 bridgehead atoms. The van der Waals surface area contributed by atoms with E-state index in [1.807, 2.05) is 0 Å².